The van der Waals surface area contributed by atoms with E-state index < -0.39 is 11.5 Å². The van der Waals surface area contributed by atoms with E-state index in [4.69, 9.17) is 4.98 Å². The molecular formula is C24H33N3O3S2. The Hall–Kier alpha value is -1.74. The van der Waals surface area contributed by atoms with Crippen LogP contribution >= 0.6 is 22.7 Å². The van der Waals surface area contributed by atoms with Crippen LogP contribution in [0.15, 0.2) is 30.2 Å². The number of aromatic nitrogens is 1. The highest BCUT2D eigenvalue weighted by Gasteiger charge is 2.59. The standard InChI is InChI=1S/C24H33N3O3S2/c1-4-9-25-22-27-21-16(11-20(30)26-13-15-6-5-10-31-15)23(2)8-7-19(29)24(3,14-28)18(23)12-17(21)32-22/h4-6,10,16,18-19,28-29H,1,7-9,11-14H2,2-3H3,(H,25,27)(H,26,30). The third-order valence-corrected chi connectivity index (χ3v) is 9.65. The normalized spacial score (nSPS) is 31.4. The fourth-order valence-electron chi connectivity index (χ4n) is 5.74. The van der Waals surface area contributed by atoms with Gasteiger partial charge in [-0.1, -0.05) is 26.0 Å². The maximum absolute atomic E-state index is 13.0. The number of thiazole rings is 1. The number of hydrogen-bond acceptors (Lipinski definition) is 7. The van der Waals surface area contributed by atoms with Crippen LogP contribution in [0.1, 0.15) is 54.5 Å². The van der Waals surface area contributed by atoms with Crippen molar-refractivity contribution >= 4 is 33.7 Å². The van der Waals surface area contributed by atoms with Crippen molar-refractivity contribution in [3.05, 3.63) is 45.6 Å². The Morgan fingerprint density at radius 3 is 2.94 bits per heavy atom. The van der Waals surface area contributed by atoms with Gasteiger partial charge in [0, 0.05) is 34.1 Å². The van der Waals surface area contributed by atoms with E-state index in [0.717, 1.165) is 33.4 Å². The van der Waals surface area contributed by atoms with Crippen molar-refractivity contribution in [2.75, 3.05) is 18.5 Å². The molecule has 0 radical (unpaired) electrons. The number of amides is 1. The Kier molecular flexibility index (Phi) is 6.77. The number of aliphatic hydroxyl groups excluding tert-OH is 2. The molecule has 0 saturated heterocycles. The Labute approximate surface area is 197 Å². The Bertz CT molecular complexity index is 960. The van der Waals surface area contributed by atoms with Gasteiger partial charge in [-0.05, 0) is 42.0 Å². The number of nitrogens with zero attached hydrogens (tertiary/aromatic N) is 1. The van der Waals surface area contributed by atoms with Gasteiger partial charge in [0.2, 0.25) is 5.91 Å². The second kappa shape index (κ2) is 9.25. The Morgan fingerprint density at radius 2 is 2.25 bits per heavy atom. The van der Waals surface area contributed by atoms with Crippen molar-refractivity contribution in [2.24, 2.45) is 16.7 Å². The largest absolute Gasteiger partial charge is 0.396 e. The predicted octanol–water partition coefficient (Wildman–Crippen LogP) is 3.92. The molecule has 1 fully saturated rings. The molecule has 0 spiro atoms. The van der Waals surface area contributed by atoms with Gasteiger partial charge in [0.15, 0.2) is 5.13 Å². The minimum Gasteiger partial charge on any atom is -0.396 e. The summed E-state index contributed by atoms with van der Waals surface area (Å²) in [7, 11) is 0. The average molecular weight is 476 g/mol. The summed E-state index contributed by atoms with van der Waals surface area (Å²) in [6.07, 6.45) is 3.80. The Balaban J connectivity index is 1.66. The third kappa shape index (κ3) is 4.14. The summed E-state index contributed by atoms with van der Waals surface area (Å²) in [4.78, 5) is 20.3. The zero-order valence-electron chi connectivity index (χ0n) is 18.8. The lowest BCUT2D eigenvalue weighted by molar-refractivity contribution is -0.144. The van der Waals surface area contributed by atoms with E-state index in [1.165, 1.54) is 0 Å². The summed E-state index contributed by atoms with van der Waals surface area (Å²) in [5, 5.41) is 30.4. The second-order valence-electron chi connectivity index (χ2n) is 9.59. The molecule has 2 heterocycles. The molecule has 32 heavy (non-hydrogen) atoms. The molecule has 4 rings (SSSR count). The van der Waals surface area contributed by atoms with Gasteiger partial charge < -0.3 is 20.8 Å². The topological polar surface area (TPSA) is 94.5 Å². The summed E-state index contributed by atoms with van der Waals surface area (Å²) >= 11 is 3.25. The van der Waals surface area contributed by atoms with Gasteiger partial charge in [-0.25, -0.2) is 4.98 Å². The molecule has 1 saturated carbocycles. The minimum absolute atomic E-state index is 0.0154. The zero-order valence-corrected chi connectivity index (χ0v) is 20.4. The molecule has 5 atom stereocenters. The van der Waals surface area contributed by atoms with Crippen LogP contribution in [0.2, 0.25) is 0 Å². The van der Waals surface area contributed by atoms with Crippen molar-refractivity contribution < 1.29 is 15.0 Å². The maximum Gasteiger partial charge on any atom is 0.220 e. The molecule has 2 aromatic rings. The third-order valence-electron chi connectivity index (χ3n) is 7.72. The molecule has 2 aliphatic rings. The molecule has 0 aliphatic heterocycles. The predicted molar refractivity (Wildman–Crippen MR) is 130 cm³/mol. The van der Waals surface area contributed by atoms with Crippen molar-refractivity contribution in [2.45, 2.75) is 58.1 Å². The first-order valence-electron chi connectivity index (χ1n) is 11.2. The van der Waals surface area contributed by atoms with Gasteiger partial charge in [-0.2, -0.15) is 0 Å². The van der Waals surface area contributed by atoms with E-state index in [-0.39, 0.29) is 29.8 Å². The number of aliphatic hydroxyl groups is 2. The van der Waals surface area contributed by atoms with E-state index in [1.807, 2.05) is 24.4 Å². The van der Waals surface area contributed by atoms with Crippen LogP contribution in [-0.2, 0) is 17.8 Å². The fourth-order valence-corrected chi connectivity index (χ4v) is 7.46. The molecule has 0 bridgehead atoms. The summed E-state index contributed by atoms with van der Waals surface area (Å²) < 4.78 is 0. The van der Waals surface area contributed by atoms with Crippen LogP contribution in [0.5, 0.6) is 0 Å². The highest BCUT2D eigenvalue weighted by Crippen LogP contribution is 2.62. The van der Waals surface area contributed by atoms with Gasteiger partial charge in [0.05, 0.1) is 24.9 Å². The molecule has 2 aliphatic carbocycles. The molecule has 1 amide bonds. The summed E-state index contributed by atoms with van der Waals surface area (Å²) in [6.45, 7) is 9.09. The van der Waals surface area contributed by atoms with Gasteiger partial charge in [-0.15, -0.1) is 29.3 Å². The van der Waals surface area contributed by atoms with E-state index in [9.17, 15) is 15.0 Å². The number of carbonyl (C=O) groups is 1. The molecule has 174 valence electrons. The van der Waals surface area contributed by atoms with Crippen molar-refractivity contribution in [3.63, 3.8) is 0 Å². The van der Waals surface area contributed by atoms with E-state index in [0.29, 0.717) is 25.9 Å². The molecule has 5 unspecified atom stereocenters. The van der Waals surface area contributed by atoms with E-state index in [2.05, 4.69) is 24.1 Å². The van der Waals surface area contributed by atoms with Crippen LogP contribution in [0.4, 0.5) is 5.13 Å². The number of fused-ring (bicyclic) bond motifs is 2. The first kappa shape index (κ1) is 23.4. The number of hydrogen-bond donors (Lipinski definition) is 4. The molecule has 2 aromatic heterocycles. The molecule has 4 N–H and O–H groups in total. The number of nitrogens with one attached hydrogen (secondary N) is 2. The highest BCUT2D eigenvalue weighted by atomic mass is 32.1. The van der Waals surface area contributed by atoms with Crippen LogP contribution in [-0.4, -0.2) is 40.4 Å². The highest BCUT2D eigenvalue weighted by molar-refractivity contribution is 7.15. The van der Waals surface area contributed by atoms with Crippen molar-refractivity contribution in [1.29, 1.82) is 0 Å². The number of rotatable bonds is 8. The van der Waals surface area contributed by atoms with Gasteiger partial charge in [-0.3, -0.25) is 4.79 Å². The van der Waals surface area contributed by atoms with Gasteiger partial charge in [0.25, 0.3) is 0 Å². The Morgan fingerprint density at radius 1 is 1.44 bits per heavy atom. The van der Waals surface area contributed by atoms with Crippen LogP contribution in [0, 0.1) is 16.7 Å². The lowest BCUT2D eigenvalue weighted by atomic mass is 9.47. The van der Waals surface area contributed by atoms with Gasteiger partial charge in [0.1, 0.15) is 0 Å². The first-order valence-corrected chi connectivity index (χ1v) is 12.9. The van der Waals surface area contributed by atoms with Crippen LogP contribution in [0.25, 0.3) is 0 Å². The van der Waals surface area contributed by atoms with E-state index >= 15 is 0 Å². The average Bonchev–Trinajstić information content (AvgIpc) is 3.44. The fraction of sp³-hybridized carbons (Fsp3) is 0.583. The summed E-state index contributed by atoms with van der Waals surface area (Å²) in [5.74, 6) is 0.0224. The number of anilines is 1. The molecular weight excluding hydrogens is 442 g/mol. The number of carbonyl (C=O) groups excluding carboxylic acids is 1. The molecule has 0 aromatic carbocycles. The first-order chi connectivity index (χ1) is 15.3. The van der Waals surface area contributed by atoms with Gasteiger partial charge >= 0.3 is 0 Å². The molecule has 8 heteroatoms. The minimum atomic E-state index is -0.602. The lowest BCUT2D eigenvalue weighted by Crippen LogP contribution is -2.57. The summed E-state index contributed by atoms with van der Waals surface area (Å²) in [6, 6.07) is 4.01. The smallest absolute Gasteiger partial charge is 0.220 e. The lowest BCUT2D eigenvalue weighted by Gasteiger charge is -2.58. The van der Waals surface area contributed by atoms with Crippen molar-refractivity contribution in [1.82, 2.24) is 10.3 Å². The second-order valence-corrected chi connectivity index (χ2v) is 11.7. The van der Waals surface area contributed by atoms with Crippen LogP contribution < -0.4 is 10.6 Å². The number of thiophene rings is 1. The molecule has 6 nitrogen and oxygen atoms in total. The van der Waals surface area contributed by atoms with E-state index in [1.54, 1.807) is 28.7 Å². The monoisotopic (exact) mass is 475 g/mol. The van der Waals surface area contributed by atoms with Crippen LogP contribution in [0.3, 0.4) is 0 Å². The quantitative estimate of drug-likeness (QED) is 0.434. The SMILES string of the molecule is C=CCNc1nc2c(s1)CC1C(C)(CO)C(O)CCC1(C)C2CC(=O)NCc1cccs1. The zero-order chi connectivity index (χ0) is 22.9. The van der Waals surface area contributed by atoms with Crippen molar-refractivity contribution in [3.8, 4) is 0 Å². The maximum atomic E-state index is 13.0. The summed E-state index contributed by atoms with van der Waals surface area (Å²) in [5.41, 5.74) is 0.173.